The summed E-state index contributed by atoms with van der Waals surface area (Å²) in [6.45, 7) is 7.25. The first-order chi connectivity index (χ1) is 13.6. The van der Waals surface area contributed by atoms with Gasteiger partial charge in [-0.1, -0.05) is 34.5 Å². The van der Waals surface area contributed by atoms with E-state index in [1.807, 2.05) is 20.8 Å². The van der Waals surface area contributed by atoms with Crippen LogP contribution in [-0.4, -0.2) is 37.7 Å². The third-order valence-electron chi connectivity index (χ3n) is 4.91. The molecule has 2 aromatic rings. The maximum absolute atomic E-state index is 12.9. The molecule has 1 aromatic carbocycles. The molecule has 1 aliphatic heterocycles. The largest absolute Gasteiger partial charge is 0.598 e. The molecule has 4 N–H and O–H groups in total. The SMILES string of the molecule is CC(C)(C)[S+]([O-])N[C@@H](c1cc(Cl)c(Cl)cc1O)C1CCN(c2nnc(N)s2)CC1. The standard InChI is InChI=1S/C18H25Cl2N5O2S2/c1-18(2,3)29(27)24-15(11-8-12(19)13(20)9-14(11)26)10-4-6-25(7-5-10)17-23-22-16(21)28-17/h8-10,15,24,26H,4-7H2,1-3H3,(H2,21,22)/t15-,29?/m1/s1. The van der Waals surface area contributed by atoms with Crippen LogP contribution in [-0.2, 0) is 11.4 Å². The number of halogens is 2. The molecule has 0 aliphatic carbocycles. The number of piperidine rings is 1. The number of aromatic hydroxyl groups is 1. The Morgan fingerprint density at radius 2 is 1.90 bits per heavy atom. The number of nitrogen functional groups attached to an aromatic ring is 1. The van der Waals surface area contributed by atoms with Gasteiger partial charge in [-0.15, -0.1) is 14.9 Å². The smallest absolute Gasteiger partial charge is 0.209 e. The van der Waals surface area contributed by atoms with Crippen molar-refractivity contribution in [1.29, 1.82) is 0 Å². The highest BCUT2D eigenvalue weighted by Gasteiger charge is 2.37. The van der Waals surface area contributed by atoms with Gasteiger partial charge in [0.2, 0.25) is 10.3 Å². The zero-order valence-corrected chi connectivity index (χ0v) is 19.6. The number of aromatic nitrogens is 2. The molecule has 11 heteroatoms. The normalized spacial score (nSPS) is 18.1. The number of anilines is 2. The molecule has 1 saturated heterocycles. The van der Waals surface area contributed by atoms with Gasteiger partial charge >= 0.3 is 0 Å². The van der Waals surface area contributed by atoms with Gasteiger partial charge in [0.1, 0.15) is 10.5 Å². The van der Waals surface area contributed by atoms with Gasteiger partial charge in [-0.05, 0) is 45.6 Å². The number of hydrogen-bond donors (Lipinski definition) is 3. The van der Waals surface area contributed by atoms with Gasteiger partial charge in [-0.2, -0.15) is 0 Å². The first-order valence-electron chi connectivity index (χ1n) is 9.26. The fourth-order valence-electron chi connectivity index (χ4n) is 3.28. The second-order valence-electron chi connectivity index (χ2n) is 8.05. The van der Waals surface area contributed by atoms with E-state index in [2.05, 4.69) is 19.8 Å². The number of hydrogen-bond acceptors (Lipinski definition) is 8. The van der Waals surface area contributed by atoms with Gasteiger partial charge in [-0.25, -0.2) is 0 Å². The summed E-state index contributed by atoms with van der Waals surface area (Å²) in [6, 6.07) is 2.77. The molecule has 2 heterocycles. The Balaban J connectivity index is 1.83. The Kier molecular flexibility index (Phi) is 7.07. The Labute approximate surface area is 187 Å². The maximum Gasteiger partial charge on any atom is 0.209 e. The zero-order valence-electron chi connectivity index (χ0n) is 16.5. The monoisotopic (exact) mass is 477 g/mol. The average Bonchev–Trinajstić information content (AvgIpc) is 3.08. The van der Waals surface area contributed by atoms with Crippen LogP contribution in [0.25, 0.3) is 0 Å². The van der Waals surface area contributed by atoms with E-state index in [-0.39, 0.29) is 22.7 Å². The van der Waals surface area contributed by atoms with E-state index in [1.54, 1.807) is 6.07 Å². The topological polar surface area (TPSA) is 110 Å². The number of phenolic OH excluding ortho intramolecular Hbond substituents is 1. The van der Waals surface area contributed by atoms with Crippen molar-refractivity contribution >= 4 is 56.2 Å². The van der Waals surface area contributed by atoms with Crippen LogP contribution in [0, 0.1) is 5.92 Å². The third-order valence-corrected chi connectivity index (χ3v) is 8.02. The summed E-state index contributed by atoms with van der Waals surface area (Å²) in [5, 5.41) is 20.4. The minimum atomic E-state index is -1.32. The lowest BCUT2D eigenvalue weighted by Crippen LogP contribution is -2.45. The summed E-state index contributed by atoms with van der Waals surface area (Å²) in [7, 11) is 0. The quantitative estimate of drug-likeness (QED) is 0.554. The Hall–Kier alpha value is -0.970. The van der Waals surface area contributed by atoms with Crippen LogP contribution < -0.4 is 15.4 Å². The number of benzene rings is 1. The van der Waals surface area contributed by atoms with E-state index in [1.165, 1.54) is 17.4 Å². The third kappa shape index (κ3) is 5.39. The molecule has 0 bridgehead atoms. The molecule has 0 spiro atoms. The van der Waals surface area contributed by atoms with Crippen molar-refractivity contribution in [2.75, 3.05) is 23.7 Å². The average molecular weight is 478 g/mol. The van der Waals surface area contributed by atoms with Crippen LogP contribution in [0.15, 0.2) is 12.1 Å². The second kappa shape index (κ2) is 9.03. The van der Waals surface area contributed by atoms with Gasteiger partial charge in [0.05, 0.1) is 16.1 Å². The van der Waals surface area contributed by atoms with Gasteiger partial charge in [0.25, 0.3) is 0 Å². The van der Waals surface area contributed by atoms with Crippen LogP contribution in [0.4, 0.5) is 10.3 Å². The summed E-state index contributed by atoms with van der Waals surface area (Å²) in [6.07, 6.45) is 1.64. The zero-order chi connectivity index (χ0) is 21.3. The molecule has 0 saturated carbocycles. The number of nitrogens with one attached hydrogen (secondary N) is 1. The van der Waals surface area contributed by atoms with Crippen LogP contribution in [0.2, 0.25) is 10.0 Å². The maximum atomic E-state index is 12.9. The Bertz CT molecular complexity index is 853. The molecule has 0 amide bonds. The van der Waals surface area contributed by atoms with Crippen molar-refractivity contribution in [3.63, 3.8) is 0 Å². The van der Waals surface area contributed by atoms with Crippen molar-refractivity contribution in [1.82, 2.24) is 14.9 Å². The fraction of sp³-hybridized carbons (Fsp3) is 0.556. The van der Waals surface area contributed by atoms with E-state index in [4.69, 9.17) is 28.9 Å². The molecule has 0 radical (unpaired) electrons. The number of nitrogens with two attached hydrogens (primary N) is 1. The Morgan fingerprint density at radius 1 is 1.28 bits per heavy atom. The fourth-order valence-corrected chi connectivity index (χ4v) is 5.18. The minimum absolute atomic E-state index is 0.0436. The van der Waals surface area contributed by atoms with Gasteiger partial charge in [-0.3, -0.25) is 0 Å². The molecule has 1 unspecified atom stereocenters. The molecular formula is C18H25Cl2N5O2S2. The summed E-state index contributed by atoms with van der Waals surface area (Å²) in [5.41, 5.74) is 6.31. The van der Waals surface area contributed by atoms with Crippen molar-refractivity contribution < 1.29 is 9.66 Å². The van der Waals surface area contributed by atoms with E-state index in [0.717, 1.165) is 31.1 Å². The molecule has 1 aliphatic rings. The van der Waals surface area contributed by atoms with Crippen LogP contribution in [0.5, 0.6) is 5.75 Å². The molecule has 29 heavy (non-hydrogen) atoms. The van der Waals surface area contributed by atoms with Crippen LogP contribution in [0.3, 0.4) is 0 Å². The molecular weight excluding hydrogens is 453 g/mol. The first kappa shape index (κ1) is 22.7. The second-order valence-corrected chi connectivity index (χ2v) is 11.8. The molecule has 3 rings (SSSR count). The van der Waals surface area contributed by atoms with Crippen LogP contribution >= 0.6 is 34.5 Å². The molecule has 160 valence electrons. The van der Waals surface area contributed by atoms with Crippen molar-refractivity contribution in [2.24, 2.45) is 5.92 Å². The number of rotatable bonds is 5. The van der Waals surface area contributed by atoms with E-state index in [0.29, 0.717) is 15.7 Å². The predicted octanol–water partition coefficient (Wildman–Crippen LogP) is 4.14. The molecule has 1 fully saturated rings. The van der Waals surface area contributed by atoms with Gasteiger partial charge in [0.15, 0.2) is 0 Å². The molecule has 2 atom stereocenters. The lowest BCUT2D eigenvalue weighted by molar-refractivity contribution is 0.317. The summed E-state index contributed by atoms with van der Waals surface area (Å²) < 4.78 is 15.6. The molecule has 1 aromatic heterocycles. The minimum Gasteiger partial charge on any atom is -0.598 e. The number of nitrogens with zero attached hydrogens (tertiary/aromatic N) is 3. The summed E-state index contributed by atoms with van der Waals surface area (Å²) in [4.78, 5) is 2.15. The van der Waals surface area contributed by atoms with E-state index in [9.17, 15) is 9.66 Å². The first-order valence-corrected chi connectivity index (χ1v) is 12.0. The number of phenols is 1. The lowest BCUT2D eigenvalue weighted by atomic mass is 9.85. The predicted molar refractivity (Wildman–Crippen MR) is 121 cm³/mol. The Morgan fingerprint density at radius 3 is 2.45 bits per heavy atom. The summed E-state index contributed by atoms with van der Waals surface area (Å²) in [5.74, 6) is 0.188. The van der Waals surface area contributed by atoms with Crippen molar-refractivity contribution in [3.05, 3.63) is 27.7 Å². The molecule has 7 nitrogen and oxygen atoms in total. The lowest BCUT2D eigenvalue weighted by Gasteiger charge is -2.37. The highest BCUT2D eigenvalue weighted by Crippen LogP contribution is 2.40. The highest BCUT2D eigenvalue weighted by atomic mass is 35.5. The van der Waals surface area contributed by atoms with Crippen LogP contribution in [0.1, 0.15) is 45.2 Å². The highest BCUT2D eigenvalue weighted by molar-refractivity contribution is 7.90. The van der Waals surface area contributed by atoms with E-state index < -0.39 is 16.1 Å². The van der Waals surface area contributed by atoms with Crippen molar-refractivity contribution in [2.45, 2.75) is 44.4 Å². The van der Waals surface area contributed by atoms with Gasteiger partial charge < -0.3 is 20.3 Å². The van der Waals surface area contributed by atoms with E-state index >= 15 is 0 Å². The van der Waals surface area contributed by atoms with Crippen molar-refractivity contribution in [3.8, 4) is 5.75 Å². The van der Waals surface area contributed by atoms with Gasteiger partial charge in [0, 0.05) is 36.1 Å². The summed E-state index contributed by atoms with van der Waals surface area (Å²) >= 11 is 12.3.